The molecule has 1 amide bonds. The zero-order valence-corrected chi connectivity index (χ0v) is 18.8. The van der Waals surface area contributed by atoms with Crippen LogP contribution in [-0.4, -0.2) is 58.0 Å². The number of benzene rings is 1. The van der Waals surface area contributed by atoms with Gasteiger partial charge in [0, 0.05) is 25.1 Å². The maximum Gasteiger partial charge on any atom is 0.253 e. The number of imidazole rings is 1. The van der Waals surface area contributed by atoms with E-state index < -0.39 is 0 Å². The number of fused-ring (bicyclic) bond motifs is 1. The highest BCUT2D eigenvalue weighted by molar-refractivity contribution is 5.95. The van der Waals surface area contributed by atoms with Crippen molar-refractivity contribution in [3.05, 3.63) is 60.6 Å². The van der Waals surface area contributed by atoms with Gasteiger partial charge in [-0.05, 0) is 49.4 Å². The van der Waals surface area contributed by atoms with Crippen LogP contribution >= 0.6 is 0 Å². The third kappa shape index (κ3) is 4.14. The lowest BCUT2D eigenvalue weighted by molar-refractivity contribution is -0.130. The van der Waals surface area contributed by atoms with E-state index in [0.29, 0.717) is 18.9 Å². The van der Waals surface area contributed by atoms with Gasteiger partial charge in [-0.1, -0.05) is 0 Å². The Balaban J connectivity index is 1.33. The summed E-state index contributed by atoms with van der Waals surface area (Å²) in [5.74, 6) is 1.31. The lowest BCUT2D eigenvalue weighted by Crippen LogP contribution is -2.48. The Morgan fingerprint density at radius 1 is 1.15 bits per heavy atom. The topological polar surface area (TPSA) is 83.1 Å². The highest BCUT2D eigenvalue weighted by Gasteiger charge is 2.28. The van der Waals surface area contributed by atoms with Crippen molar-refractivity contribution in [2.24, 2.45) is 7.05 Å². The van der Waals surface area contributed by atoms with Crippen LogP contribution < -0.4 is 14.4 Å². The minimum absolute atomic E-state index is 0.0105. The Bertz CT molecular complexity index is 1290. The number of ether oxygens (including phenoxy) is 3. The molecule has 0 saturated carbocycles. The van der Waals surface area contributed by atoms with Gasteiger partial charge in [-0.3, -0.25) is 13.9 Å². The molecule has 1 aliphatic heterocycles. The Hall–Kier alpha value is -3.85. The molecule has 170 valence electrons. The van der Waals surface area contributed by atoms with Crippen molar-refractivity contribution in [1.82, 2.24) is 19.2 Å². The molecular weight excluding hydrogens is 422 g/mol. The van der Waals surface area contributed by atoms with E-state index in [4.69, 9.17) is 14.2 Å². The van der Waals surface area contributed by atoms with E-state index in [1.165, 1.54) is 0 Å². The van der Waals surface area contributed by atoms with Crippen LogP contribution in [0, 0.1) is 6.92 Å². The number of nitrogens with zero attached hydrogens (tertiary/aromatic N) is 5. The minimum Gasteiger partial charge on any atom is -0.497 e. The molecule has 4 heterocycles. The molecule has 9 nitrogen and oxygen atoms in total. The van der Waals surface area contributed by atoms with Gasteiger partial charge < -0.3 is 19.1 Å². The summed E-state index contributed by atoms with van der Waals surface area (Å²) in [5.41, 5.74) is 4.20. The zero-order chi connectivity index (χ0) is 22.9. The molecule has 0 spiro atoms. The number of anilines is 1. The number of rotatable bonds is 6. The molecule has 1 aromatic carbocycles. The maximum atomic E-state index is 12.4. The Labute approximate surface area is 191 Å². The molecule has 5 rings (SSSR count). The van der Waals surface area contributed by atoms with Crippen molar-refractivity contribution < 1.29 is 19.0 Å². The van der Waals surface area contributed by atoms with E-state index in [0.717, 1.165) is 34.2 Å². The van der Waals surface area contributed by atoms with E-state index in [9.17, 15) is 4.79 Å². The van der Waals surface area contributed by atoms with Crippen LogP contribution in [-0.2, 0) is 16.6 Å². The summed E-state index contributed by atoms with van der Waals surface area (Å²) >= 11 is 0. The fourth-order valence-corrected chi connectivity index (χ4v) is 3.96. The normalized spacial score (nSPS) is 16.4. The van der Waals surface area contributed by atoms with Crippen molar-refractivity contribution in [1.29, 1.82) is 0 Å². The van der Waals surface area contributed by atoms with Gasteiger partial charge in [0.15, 0.2) is 11.4 Å². The predicted molar refractivity (Wildman–Crippen MR) is 123 cm³/mol. The molecule has 33 heavy (non-hydrogen) atoms. The molecule has 0 aliphatic carbocycles. The quantitative estimate of drug-likeness (QED) is 0.452. The highest BCUT2D eigenvalue weighted by Crippen LogP contribution is 2.28. The second kappa shape index (κ2) is 8.59. The Morgan fingerprint density at radius 3 is 2.70 bits per heavy atom. The summed E-state index contributed by atoms with van der Waals surface area (Å²) in [6.45, 7) is 2.66. The average Bonchev–Trinajstić information content (AvgIpc) is 3.43. The van der Waals surface area contributed by atoms with E-state index in [1.54, 1.807) is 16.7 Å². The number of hydrogen-bond donors (Lipinski definition) is 0. The SMILES string of the molecule is COc1ccc(N2CC(COc3ccc(-c4ccn(C)n4)n4cc(C)nc34)OCC2=O)cc1. The van der Waals surface area contributed by atoms with Crippen molar-refractivity contribution in [2.45, 2.75) is 13.0 Å². The molecule has 1 atom stereocenters. The average molecular weight is 447 g/mol. The summed E-state index contributed by atoms with van der Waals surface area (Å²) in [6, 6.07) is 13.3. The van der Waals surface area contributed by atoms with E-state index in [-0.39, 0.29) is 18.6 Å². The van der Waals surface area contributed by atoms with Gasteiger partial charge in [0.25, 0.3) is 5.91 Å². The molecule has 1 fully saturated rings. The first-order valence-corrected chi connectivity index (χ1v) is 10.7. The molecule has 1 saturated heterocycles. The number of hydrogen-bond acceptors (Lipinski definition) is 6. The molecule has 3 aromatic heterocycles. The third-order valence-electron chi connectivity index (χ3n) is 5.61. The van der Waals surface area contributed by atoms with Gasteiger partial charge in [-0.15, -0.1) is 0 Å². The van der Waals surface area contributed by atoms with Gasteiger partial charge >= 0.3 is 0 Å². The number of pyridine rings is 1. The van der Waals surface area contributed by atoms with Crippen molar-refractivity contribution >= 4 is 17.2 Å². The number of aromatic nitrogens is 4. The first kappa shape index (κ1) is 21.0. The van der Waals surface area contributed by atoms with E-state index in [2.05, 4.69) is 10.1 Å². The van der Waals surface area contributed by atoms with Crippen LogP contribution in [0.3, 0.4) is 0 Å². The molecule has 9 heteroatoms. The Morgan fingerprint density at radius 2 is 1.97 bits per heavy atom. The number of methoxy groups -OCH3 is 1. The fraction of sp³-hybridized carbons (Fsp3) is 0.292. The van der Waals surface area contributed by atoms with Gasteiger partial charge in [0.1, 0.15) is 30.8 Å². The van der Waals surface area contributed by atoms with Crippen LogP contribution in [0.1, 0.15) is 5.69 Å². The Kier molecular flexibility index (Phi) is 5.47. The maximum absolute atomic E-state index is 12.4. The summed E-state index contributed by atoms with van der Waals surface area (Å²) in [4.78, 5) is 18.8. The minimum atomic E-state index is -0.267. The first-order chi connectivity index (χ1) is 16.0. The molecule has 0 bridgehead atoms. The van der Waals surface area contributed by atoms with Gasteiger partial charge in [-0.25, -0.2) is 4.98 Å². The molecule has 1 unspecified atom stereocenters. The lowest BCUT2D eigenvalue weighted by atomic mass is 10.2. The highest BCUT2D eigenvalue weighted by atomic mass is 16.5. The van der Waals surface area contributed by atoms with Gasteiger partial charge in [-0.2, -0.15) is 5.10 Å². The molecule has 0 radical (unpaired) electrons. The summed E-state index contributed by atoms with van der Waals surface area (Å²) in [7, 11) is 3.50. The number of aryl methyl sites for hydroxylation is 2. The van der Waals surface area contributed by atoms with Crippen molar-refractivity contribution in [3.8, 4) is 22.9 Å². The third-order valence-corrected chi connectivity index (χ3v) is 5.61. The van der Waals surface area contributed by atoms with Crippen LogP contribution in [0.25, 0.3) is 17.0 Å². The molecule has 4 aromatic rings. The zero-order valence-electron chi connectivity index (χ0n) is 18.8. The first-order valence-electron chi connectivity index (χ1n) is 10.7. The molecule has 1 aliphatic rings. The van der Waals surface area contributed by atoms with E-state index in [1.807, 2.05) is 73.2 Å². The van der Waals surface area contributed by atoms with Crippen molar-refractivity contribution in [2.75, 3.05) is 31.8 Å². The summed E-state index contributed by atoms with van der Waals surface area (Å²) in [6.07, 6.45) is 3.61. The summed E-state index contributed by atoms with van der Waals surface area (Å²) in [5, 5.41) is 4.51. The number of carbonyl (C=O) groups is 1. The number of amides is 1. The van der Waals surface area contributed by atoms with Gasteiger partial charge in [0.2, 0.25) is 0 Å². The van der Waals surface area contributed by atoms with Crippen molar-refractivity contribution in [3.63, 3.8) is 0 Å². The van der Waals surface area contributed by atoms with Gasteiger partial charge in [0.05, 0.1) is 25.0 Å². The largest absolute Gasteiger partial charge is 0.497 e. The molecular formula is C24H25N5O4. The van der Waals surface area contributed by atoms with Crippen LogP contribution in [0.4, 0.5) is 5.69 Å². The van der Waals surface area contributed by atoms with E-state index >= 15 is 0 Å². The fourth-order valence-electron chi connectivity index (χ4n) is 3.96. The number of carbonyl (C=O) groups excluding carboxylic acids is 1. The monoisotopic (exact) mass is 447 g/mol. The standard InChI is InChI=1S/C24H25N5O4/c1-16-12-29-21(20-10-11-27(2)26-20)8-9-22(24(29)25-16)33-14-19-13-28(23(30)15-32-19)17-4-6-18(31-3)7-5-17/h4-12,19H,13-15H2,1-3H3. The smallest absolute Gasteiger partial charge is 0.253 e. The summed E-state index contributed by atoms with van der Waals surface area (Å²) < 4.78 is 20.8. The predicted octanol–water partition coefficient (Wildman–Crippen LogP) is 2.86. The number of morpholine rings is 1. The second-order valence-electron chi connectivity index (χ2n) is 7.98. The van der Waals surface area contributed by atoms with Crippen LogP contribution in [0.2, 0.25) is 0 Å². The second-order valence-corrected chi connectivity index (χ2v) is 7.98. The van der Waals surface area contributed by atoms with Crippen LogP contribution in [0.5, 0.6) is 11.5 Å². The van der Waals surface area contributed by atoms with Crippen LogP contribution in [0.15, 0.2) is 54.9 Å². The lowest BCUT2D eigenvalue weighted by Gasteiger charge is -2.32. The molecule has 0 N–H and O–H groups in total.